The maximum Gasteiger partial charge on any atom is 0.234 e. The van der Waals surface area contributed by atoms with E-state index in [1.54, 1.807) is 47.0 Å². The van der Waals surface area contributed by atoms with E-state index < -0.39 is 5.82 Å². The van der Waals surface area contributed by atoms with Gasteiger partial charge in [0.25, 0.3) is 0 Å². The molecule has 0 aliphatic carbocycles. The lowest BCUT2D eigenvalue weighted by Crippen LogP contribution is -2.15. The van der Waals surface area contributed by atoms with Gasteiger partial charge in [0.1, 0.15) is 6.61 Å². The van der Waals surface area contributed by atoms with Crippen LogP contribution < -0.4 is 10.1 Å². The standard InChI is InChI=1S/C21H20ClFN4O2S/c1-3-11-27-19(12-29-18-10-5-4-8-16(18)23)25-26-21(27)30-13-20(28)24-17-9-6-7-15(22)14(17)2/h3-10H,1,11-13H2,2H3,(H,24,28). The van der Waals surface area contributed by atoms with E-state index >= 15 is 0 Å². The van der Waals surface area contributed by atoms with Gasteiger partial charge in [0.15, 0.2) is 22.5 Å². The average molecular weight is 447 g/mol. The molecule has 9 heteroatoms. The largest absolute Gasteiger partial charge is 0.483 e. The second kappa shape index (κ2) is 10.3. The second-order valence-corrected chi connectivity index (χ2v) is 7.62. The fourth-order valence-electron chi connectivity index (χ4n) is 2.61. The van der Waals surface area contributed by atoms with Crippen LogP contribution in [0.4, 0.5) is 10.1 Å². The van der Waals surface area contributed by atoms with E-state index in [1.807, 2.05) is 6.92 Å². The van der Waals surface area contributed by atoms with Crippen molar-refractivity contribution in [3.63, 3.8) is 0 Å². The number of anilines is 1. The number of allylic oxidation sites excluding steroid dienone is 1. The van der Waals surface area contributed by atoms with Crippen molar-refractivity contribution in [2.75, 3.05) is 11.1 Å². The Bertz CT molecular complexity index is 1060. The molecule has 0 saturated heterocycles. The molecule has 0 spiro atoms. The minimum Gasteiger partial charge on any atom is -0.483 e. The Morgan fingerprint density at radius 1 is 1.30 bits per heavy atom. The van der Waals surface area contributed by atoms with Crippen molar-refractivity contribution in [2.24, 2.45) is 0 Å². The van der Waals surface area contributed by atoms with Gasteiger partial charge in [-0.1, -0.05) is 47.6 Å². The zero-order valence-electron chi connectivity index (χ0n) is 16.3. The number of nitrogens with one attached hydrogen (secondary N) is 1. The van der Waals surface area contributed by atoms with Gasteiger partial charge < -0.3 is 10.1 Å². The van der Waals surface area contributed by atoms with Gasteiger partial charge in [0.05, 0.1) is 5.75 Å². The SMILES string of the molecule is C=CCn1c(COc2ccccc2F)nnc1SCC(=O)Nc1cccc(Cl)c1C. The van der Waals surface area contributed by atoms with Crippen LogP contribution >= 0.6 is 23.4 Å². The summed E-state index contributed by atoms with van der Waals surface area (Å²) < 4.78 is 21.0. The number of aromatic nitrogens is 3. The van der Waals surface area contributed by atoms with Crippen LogP contribution in [0.2, 0.25) is 5.02 Å². The number of carbonyl (C=O) groups is 1. The zero-order chi connectivity index (χ0) is 21.5. The summed E-state index contributed by atoms with van der Waals surface area (Å²) in [6, 6.07) is 11.5. The topological polar surface area (TPSA) is 69.0 Å². The predicted molar refractivity (Wildman–Crippen MR) is 116 cm³/mol. The Kier molecular flexibility index (Phi) is 7.48. The molecule has 0 aliphatic rings. The molecule has 1 aromatic heterocycles. The van der Waals surface area contributed by atoms with E-state index in [2.05, 4.69) is 22.1 Å². The summed E-state index contributed by atoms with van der Waals surface area (Å²) in [5.74, 6) is 0.135. The highest BCUT2D eigenvalue weighted by atomic mass is 35.5. The molecule has 0 atom stereocenters. The van der Waals surface area contributed by atoms with Crippen LogP contribution in [0.15, 0.2) is 60.3 Å². The first-order chi connectivity index (χ1) is 14.5. The van der Waals surface area contributed by atoms with Gasteiger partial charge in [-0.3, -0.25) is 9.36 Å². The van der Waals surface area contributed by atoms with Gasteiger partial charge >= 0.3 is 0 Å². The molecule has 0 aliphatic heterocycles. The van der Waals surface area contributed by atoms with E-state index in [4.69, 9.17) is 16.3 Å². The molecule has 0 unspecified atom stereocenters. The van der Waals surface area contributed by atoms with E-state index in [0.717, 1.165) is 5.56 Å². The number of para-hydroxylation sites is 1. The average Bonchev–Trinajstić information content (AvgIpc) is 3.11. The first kappa shape index (κ1) is 21.9. The molecule has 0 bridgehead atoms. The lowest BCUT2D eigenvalue weighted by Gasteiger charge is -2.11. The minimum atomic E-state index is -0.449. The van der Waals surface area contributed by atoms with Gasteiger partial charge in [-0.15, -0.1) is 16.8 Å². The van der Waals surface area contributed by atoms with Crippen molar-refractivity contribution < 1.29 is 13.9 Å². The van der Waals surface area contributed by atoms with Crippen molar-refractivity contribution in [3.8, 4) is 5.75 Å². The van der Waals surface area contributed by atoms with Crippen molar-refractivity contribution in [3.05, 3.63) is 77.3 Å². The molecular weight excluding hydrogens is 427 g/mol. The Balaban J connectivity index is 1.64. The van der Waals surface area contributed by atoms with Crippen molar-refractivity contribution in [1.29, 1.82) is 0 Å². The summed E-state index contributed by atoms with van der Waals surface area (Å²) in [6.45, 7) is 6.05. The van der Waals surface area contributed by atoms with Crippen LogP contribution in [0.3, 0.4) is 0 Å². The maximum absolute atomic E-state index is 13.7. The first-order valence-electron chi connectivity index (χ1n) is 9.07. The summed E-state index contributed by atoms with van der Waals surface area (Å²) in [7, 11) is 0. The van der Waals surface area contributed by atoms with Gasteiger partial charge in [-0.05, 0) is 36.8 Å². The van der Waals surface area contributed by atoms with Crippen LogP contribution in [0.25, 0.3) is 0 Å². The molecule has 30 heavy (non-hydrogen) atoms. The number of rotatable bonds is 9. The third kappa shape index (κ3) is 5.40. The molecule has 156 valence electrons. The van der Waals surface area contributed by atoms with Crippen LogP contribution in [-0.2, 0) is 17.9 Å². The number of nitrogens with zero attached hydrogens (tertiary/aromatic N) is 3. The van der Waals surface area contributed by atoms with Crippen molar-refractivity contribution in [1.82, 2.24) is 14.8 Å². The molecule has 6 nitrogen and oxygen atoms in total. The van der Waals surface area contributed by atoms with Gasteiger partial charge in [0, 0.05) is 17.3 Å². The second-order valence-electron chi connectivity index (χ2n) is 6.27. The third-order valence-electron chi connectivity index (χ3n) is 4.17. The van der Waals surface area contributed by atoms with Gasteiger partial charge in [-0.2, -0.15) is 0 Å². The van der Waals surface area contributed by atoms with Crippen molar-refractivity contribution in [2.45, 2.75) is 25.2 Å². The summed E-state index contributed by atoms with van der Waals surface area (Å²) in [6.07, 6.45) is 1.69. The Morgan fingerprint density at radius 3 is 2.87 bits per heavy atom. The third-order valence-corrected chi connectivity index (χ3v) is 5.55. The van der Waals surface area contributed by atoms with E-state index in [0.29, 0.717) is 28.2 Å². The van der Waals surface area contributed by atoms with Crippen LogP contribution in [0.1, 0.15) is 11.4 Å². The number of benzene rings is 2. The van der Waals surface area contributed by atoms with Crippen LogP contribution in [-0.4, -0.2) is 26.4 Å². The lowest BCUT2D eigenvalue weighted by atomic mass is 10.2. The minimum absolute atomic E-state index is 0.0379. The molecule has 0 fully saturated rings. The molecule has 3 aromatic rings. The fourth-order valence-corrected chi connectivity index (χ4v) is 3.55. The number of thioether (sulfide) groups is 1. The summed E-state index contributed by atoms with van der Waals surface area (Å²) >= 11 is 7.33. The molecule has 2 aromatic carbocycles. The summed E-state index contributed by atoms with van der Waals surface area (Å²) in [4.78, 5) is 12.4. The Labute approximate surface area is 183 Å². The normalized spacial score (nSPS) is 10.6. The summed E-state index contributed by atoms with van der Waals surface area (Å²) in [5, 5.41) is 12.2. The number of carbonyl (C=O) groups excluding carboxylic acids is 1. The van der Waals surface area contributed by atoms with E-state index in [1.165, 1.54) is 17.8 Å². The fraction of sp³-hybridized carbons (Fsp3) is 0.190. The molecule has 1 N–H and O–H groups in total. The van der Waals surface area contributed by atoms with Gasteiger partial charge in [-0.25, -0.2) is 4.39 Å². The smallest absolute Gasteiger partial charge is 0.234 e. The number of hydrogen-bond donors (Lipinski definition) is 1. The van der Waals surface area contributed by atoms with Crippen molar-refractivity contribution >= 4 is 35.0 Å². The van der Waals surface area contributed by atoms with Gasteiger partial charge in [0.2, 0.25) is 5.91 Å². The highest BCUT2D eigenvalue weighted by Gasteiger charge is 2.15. The van der Waals surface area contributed by atoms with E-state index in [-0.39, 0.29) is 24.0 Å². The molecule has 1 heterocycles. The number of hydrogen-bond acceptors (Lipinski definition) is 5. The number of ether oxygens (including phenoxy) is 1. The Morgan fingerprint density at radius 2 is 2.10 bits per heavy atom. The quantitative estimate of drug-likeness (QED) is 0.375. The zero-order valence-corrected chi connectivity index (χ0v) is 17.8. The highest BCUT2D eigenvalue weighted by Crippen LogP contribution is 2.24. The monoisotopic (exact) mass is 446 g/mol. The Hall–Kier alpha value is -2.84. The predicted octanol–water partition coefficient (Wildman–Crippen LogP) is 4.87. The molecule has 0 radical (unpaired) electrons. The van der Waals surface area contributed by atoms with E-state index in [9.17, 15) is 9.18 Å². The van der Waals surface area contributed by atoms with Crippen LogP contribution in [0.5, 0.6) is 5.75 Å². The molecule has 0 saturated carbocycles. The lowest BCUT2D eigenvalue weighted by molar-refractivity contribution is -0.113. The number of halogens is 2. The highest BCUT2D eigenvalue weighted by molar-refractivity contribution is 7.99. The number of amides is 1. The maximum atomic E-state index is 13.7. The molecule has 3 rings (SSSR count). The summed E-state index contributed by atoms with van der Waals surface area (Å²) in [5.41, 5.74) is 1.47. The first-order valence-corrected chi connectivity index (χ1v) is 10.4. The molecular formula is C21H20ClFN4O2S. The molecule has 1 amide bonds. The van der Waals surface area contributed by atoms with Crippen LogP contribution in [0, 0.1) is 12.7 Å².